The largest absolute Gasteiger partial charge is 0.383 e. The van der Waals surface area contributed by atoms with Gasteiger partial charge in [0.15, 0.2) is 0 Å². The van der Waals surface area contributed by atoms with Crippen LogP contribution in [0.25, 0.3) is 0 Å². The Bertz CT molecular complexity index is 301. The predicted molar refractivity (Wildman–Crippen MR) is 60.0 cm³/mol. The second-order valence-corrected chi connectivity index (χ2v) is 4.03. The fourth-order valence-electron chi connectivity index (χ4n) is 0.973. The van der Waals surface area contributed by atoms with Gasteiger partial charge in [0, 0.05) is 16.1 Å². The second-order valence-electron chi connectivity index (χ2n) is 3.11. The van der Waals surface area contributed by atoms with Gasteiger partial charge in [-0.15, -0.1) is 0 Å². The van der Waals surface area contributed by atoms with Gasteiger partial charge in [0.1, 0.15) is 5.84 Å². The van der Waals surface area contributed by atoms with Gasteiger partial charge < -0.3 is 5.73 Å². The molecule has 0 radical (unpaired) electrons. The molecular weight excluding hydrogens is 228 g/mol. The van der Waals surface area contributed by atoms with E-state index in [2.05, 4.69) is 20.9 Å². The molecule has 13 heavy (non-hydrogen) atoms. The summed E-state index contributed by atoms with van der Waals surface area (Å²) in [5, 5.41) is 0. The minimum absolute atomic E-state index is 0.239. The maximum Gasteiger partial charge on any atom is 0.125 e. The molecule has 0 fully saturated rings. The summed E-state index contributed by atoms with van der Waals surface area (Å²) in [6, 6.07) is 8.05. The lowest BCUT2D eigenvalue weighted by molar-refractivity contribution is 0.834. The third kappa shape index (κ3) is 3.19. The summed E-state index contributed by atoms with van der Waals surface area (Å²) in [6.07, 6.45) is 0. The van der Waals surface area contributed by atoms with Crippen LogP contribution in [0.2, 0.25) is 0 Å². The molecule has 0 spiro atoms. The second kappa shape index (κ2) is 4.42. The number of hydrogen-bond donors (Lipinski definition) is 1. The van der Waals surface area contributed by atoms with Crippen molar-refractivity contribution in [3.8, 4) is 0 Å². The van der Waals surface area contributed by atoms with Gasteiger partial charge in [-0.1, -0.05) is 28.1 Å². The first-order valence-corrected chi connectivity index (χ1v) is 4.98. The van der Waals surface area contributed by atoms with Gasteiger partial charge in [0.2, 0.25) is 0 Å². The van der Waals surface area contributed by atoms with E-state index < -0.39 is 0 Å². The number of hydrogen-bond acceptors (Lipinski definition) is 1. The molecule has 2 N–H and O–H groups in total. The van der Waals surface area contributed by atoms with Crippen LogP contribution in [-0.4, -0.2) is 11.9 Å². The van der Waals surface area contributed by atoms with E-state index in [0.717, 1.165) is 10.0 Å². The van der Waals surface area contributed by atoms with E-state index in [4.69, 9.17) is 5.73 Å². The average molecular weight is 241 g/mol. The molecule has 0 saturated carbocycles. The summed E-state index contributed by atoms with van der Waals surface area (Å²) in [7, 11) is 0. The van der Waals surface area contributed by atoms with Crippen molar-refractivity contribution in [1.29, 1.82) is 0 Å². The highest BCUT2D eigenvalue weighted by atomic mass is 79.9. The first-order valence-electron chi connectivity index (χ1n) is 4.19. The number of halogens is 1. The zero-order valence-electron chi connectivity index (χ0n) is 7.79. The van der Waals surface area contributed by atoms with Crippen molar-refractivity contribution in [2.45, 2.75) is 19.9 Å². The number of aliphatic imine (C=N–C) groups is 1. The molecule has 0 aromatic heterocycles. The van der Waals surface area contributed by atoms with Gasteiger partial charge in [-0.05, 0) is 26.0 Å². The highest BCUT2D eigenvalue weighted by Crippen LogP contribution is 2.10. The van der Waals surface area contributed by atoms with Crippen LogP contribution >= 0.6 is 15.9 Å². The van der Waals surface area contributed by atoms with Gasteiger partial charge >= 0.3 is 0 Å². The van der Waals surface area contributed by atoms with Crippen molar-refractivity contribution in [2.75, 3.05) is 0 Å². The summed E-state index contributed by atoms with van der Waals surface area (Å²) in [4.78, 5) is 4.26. The van der Waals surface area contributed by atoms with Crippen LogP contribution in [0.4, 0.5) is 0 Å². The van der Waals surface area contributed by atoms with E-state index in [1.807, 2.05) is 38.1 Å². The third-order valence-corrected chi connectivity index (χ3v) is 2.07. The molecule has 0 unspecified atom stereocenters. The number of nitrogens with two attached hydrogens (primary N) is 1. The Morgan fingerprint density at radius 1 is 1.31 bits per heavy atom. The normalized spacial score (nSPS) is 12.2. The van der Waals surface area contributed by atoms with Gasteiger partial charge in [-0.25, -0.2) is 0 Å². The molecule has 1 aromatic carbocycles. The molecule has 0 amide bonds. The molecule has 70 valence electrons. The lowest BCUT2D eigenvalue weighted by atomic mass is 10.2. The smallest absolute Gasteiger partial charge is 0.125 e. The van der Waals surface area contributed by atoms with Crippen molar-refractivity contribution < 1.29 is 0 Å². The van der Waals surface area contributed by atoms with Crippen molar-refractivity contribution in [3.63, 3.8) is 0 Å². The molecule has 3 heteroatoms. The highest BCUT2D eigenvalue weighted by Gasteiger charge is 1.98. The fraction of sp³-hybridized carbons (Fsp3) is 0.300. The van der Waals surface area contributed by atoms with Crippen LogP contribution in [0.1, 0.15) is 19.4 Å². The van der Waals surface area contributed by atoms with E-state index in [0.29, 0.717) is 5.84 Å². The molecule has 0 saturated heterocycles. The summed E-state index contributed by atoms with van der Waals surface area (Å²) in [5.41, 5.74) is 6.75. The van der Waals surface area contributed by atoms with Crippen molar-refractivity contribution >= 4 is 21.8 Å². The third-order valence-electron chi connectivity index (χ3n) is 1.54. The van der Waals surface area contributed by atoms with Crippen LogP contribution in [0.15, 0.2) is 33.7 Å². The number of nitrogens with zero attached hydrogens (tertiary/aromatic N) is 1. The maximum atomic E-state index is 5.78. The minimum Gasteiger partial charge on any atom is -0.383 e. The molecule has 0 heterocycles. The molecule has 0 atom stereocenters. The average Bonchev–Trinajstić information content (AvgIpc) is 2.04. The van der Waals surface area contributed by atoms with Crippen LogP contribution in [0.5, 0.6) is 0 Å². The van der Waals surface area contributed by atoms with Crippen molar-refractivity contribution in [3.05, 3.63) is 34.3 Å². The van der Waals surface area contributed by atoms with Crippen LogP contribution in [0.3, 0.4) is 0 Å². The zero-order valence-corrected chi connectivity index (χ0v) is 9.38. The van der Waals surface area contributed by atoms with E-state index in [1.165, 1.54) is 0 Å². The summed E-state index contributed by atoms with van der Waals surface area (Å²) >= 11 is 3.36. The molecule has 0 aliphatic rings. The number of amidine groups is 1. The van der Waals surface area contributed by atoms with Crippen LogP contribution < -0.4 is 5.73 Å². The van der Waals surface area contributed by atoms with Crippen LogP contribution in [0, 0.1) is 0 Å². The molecule has 1 rings (SSSR count). The summed E-state index contributed by atoms with van der Waals surface area (Å²) in [5.74, 6) is 0.600. The first-order chi connectivity index (χ1) is 6.09. The summed E-state index contributed by atoms with van der Waals surface area (Å²) in [6.45, 7) is 4.01. The Labute approximate surface area is 87.0 Å². The Balaban J connectivity index is 2.89. The standard InChI is InChI=1S/C10H13BrN2/c1-7(2)13-10(12)8-3-5-9(11)6-4-8/h3-7H,1-2H3,(H2,12,13). The SMILES string of the molecule is CC(C)N=C(N)c1ccc(Br)cc1. The van der Waals surface area contributed by atoms with Crippen LogP contribution in [-0.2, 0) is 0 Å². The number of rotatable bonds is 2. The Morgan fingerprint density at radius 2 is 1.85 bits per heavy atom. The fourth-order valence-corrected chi connectivity index (χ4v) is 1.24. The van der Waals surface area contributed by atoms with E-state index in [-0.39, 0.29) is 6.04 Å². The maximum absolute atomic E-state index is 5.78. The summed E-state index contributed by atoms with van der Waals surface area (Å²) < 4.78 is 1.05. The minimum atomic E-state index is 0.239. The molecule has 0 aliphatic carbocycles. The van der Waals surface area contributed by atoms with Crippen molar-refractivity contribution in [2.24, 2.45) is 10.7 Å². The van der Waals surface area contributed by atoms with Crippen molar-refractivity contribution in [1.82, 2.24) is 0 Å². The van der Waals surface area contributed by atoms with E-state index >= 15 is 0 Å². The van der Waals surface area contributed by atoms with E-state index in [9.17, 15) is 0 Å². The van der Waals surface area contributed by atoms with Gasteiger partial charge in [-0.3, -0.25) is 4.99 Å². The molecule has 2 nitrogen and oxygen atoms in total. The molecule has 0 bridgehead atoms. The van der Waals surface area contributed by atoms with E-state index in [1.54, 1.807) is 0 Å². The molecular formula is C10H13BrN2. The van der Waals surface area contributed by atoms with Gasteiger partial charge in [0.05, 0.1) is 0 Å². The zero-order chi connectivity index (χ0) is 9.84. The topological polar surface area (TPSA) is 38.4 Å². The molecule has 1 aromatic rings. The Morgan fingerprint density at radius 3 is 2.31 bits per heavy atom. The lowest BCUT2D eigenvalue weighted by Crippen LogP contribution is -2.15. The Kier molecular flexibility index (Phi) is 3.48. The highest BCUT2D eigenvalue weighted by molar-refractivity contribution is 9.10. The van der Waals surface area contributed by atoms with Gasteiger partial charge in [-0.2, -0.15) is 0 Å². The Hall–Kier alpha value is -0.830. The van der Waals surface area contributed by atoms with Gasteiger partial charge in [0.25, 0.3) is 0 Å². The monoisotopic (exact) mass is 240 g/mol. The predicted octanol–water partition coefficient (Wildman–Crippen LogP) is 2.56. The number of benzene rings is 1. The lowest BCUT2D eigenvalue weighted by Gasteiger charge is -2.02. The molecule has 0 aliphatic heterocycles. The quantitative estimate of drug-likeness (QED) is 0.627. The first kappa shape index (κ1) is 10.3.